The van der Waals surface area contributed by atoms with Crippen LogP contribution in [-0.2, 0) is 28.6 Å². The van der Waals surface area contributed by atoms with Crippen LogP contribution in [0.15, 0.2) is 170 Å². The zero-order chi connectivity index (χ0) is 48.6. The third-order valence-corrected chi connectivity index (χ3v) is 10.0. The molecule has 0 aromatic heterocycles. The smallest absolute Gasteiger partial charge is 0.306 e. The Hall–Kier alpha value is -5.23. The highest BCUT2D eigenvalue weighted by molar-refractivity contribution is 5.71. The number of hydrogen-bond acceptors (Lipinski definition) is 6. The molecule has 0 amide bonds. The Morgan fingerprint density at radius 3 is 1.03 bits per heavy atom. The van der Waals surface area contributed by atoms with E-state index in [1.165, 1.54) is 25.7 Å². The van der Waals surface area contributed by atoms with Crippen molar-refractivity contribution in [3.8, 4) is 0 Å². The van der Waals surface area contributed by atoms with E-state index in [-0.39, 0.29) is 44.0 Å². The van der Waals surface area contributed by atoms with Crippen LogP contribution in [0.3, 0.4) is 0 Å². The summed E-state index contributed by atoms with van der Waals surface area (Å²) in [5.41, 5.74) is 0. The maximum atomic E-state index is 12.8. The number of unbranched alkanes of at least 4 members (excludes halogenated alkanes) is 15. The van der Waals surface area contributed by atoms with E-state index in [4.69, 9.17) is 14.2 Å². The van der Waals surface area contributed by atoms with Gasteiger partial charge in [0, 0.05) is 19.3 Å². The Balaban J connectivity index is 4.63. The molecule has 0 saturated heterocycles. The first-order valence-electron chi connectivity index (χ1n) is 25.8. The molecule has 0 N–H and O–H groups in total. The van der Waals surface area contributed by atoms with E-state index in [0.717, 1.165) is 103 Å². The normalized spacial score (nSPS) is 13.5. The largest absolute Gasteiger partial charge is 0.462 e. The number of esters is 3. The molecule has 1 unspecified atom stereocenters. The van der Waals surface area contributed by atoms with Crippen LogP contribution in [0.5, 0.6) is 0 Å². The van der Waals surface area contributed by atoms with Crippen molar-refractivity contribution in [2.75, 3.05) is 13.2 Å². The third kappa shape index (κ3) is 51.6. The number of hydrogen-bond donors (Lipinski definition) is 0. The quantitative estimate of drug-likeness (QED) is 0.0262. The van der Waals surface area contributed by atoms with Gasteiger partial charge in [-0.15, -0.1) is 0 Å². The van der Waals surface area contributed by atoms with E-state index >= 15 is 0 Å². The molecule has 0 rings (SSSR count). The standard InChI is InChI=1S/C61H90O6/c1-4-7-10-13-16-19-22-25-27-29-31-33-36-39-42-45-48-51-54-60(63)66-57-58(56-65-59(62)53-50-47-44-41-38-35-24-21-18-15-12-9-6-3)67-61(64)55-52-49-46-43-40-37-34-32-30-28-26-23-20-17-14-11-8-5-2/h9-10,12-13,15-35,38,41,44,58H,4-8,11,14,36-37,39-40,42-43,45-57H2,1-3H3/b12-9+,13-10+,18-15+,19-16+,20-17+,24-21+,25-22+,26-23+,29-27+,30-28+,33-31+,34-32+,38-35+,44-41+. The molecule has 1 atom stereocenters. The van der Waals surface area contributed by atoms with Crippen molar-refractivity contribution < 1.29 is 28.6 Å². The van der Waals surface area contributed by atoms with Gasteiger partial charge in [-0.1, -0.05) is 249 Å². The van der Waals surface area contributed by atoms with Crippen molar-refractivity contribution in [1.29, 1.82) is 0 Å². The van der Waals surface area contributed by atoms with Gasteiger partial charge in [-0.05, 0) is 77.0 Å². The molecular formula is C61H90O6. The van der Waals surface area contributed by atoms with E-state index in [2.05, 4.69) is 99.8 Å². The van der Waals surface area contributed by atoms with Crippen LogP contribution in [0.25, 0.3) is 0 Å². The van der Waals surface area contributed by atoms with Gasteiger partial charge in [0.1, 0.15) is 13.2 Å². The SMILES string of the molecule is CC/C=C/C=C/C=C/C=C/C=C/CCCC(=O)OCC(COC(=O)CCCCCCC/C=C/C=C/C=C/C=C/C=C/CCC)OC(=O)CCCCCCC/C=C/C=C/C=C/C=C/CCCCC. The van der Waals surface area contributed by atoms with Crippen LogP contribution in [0, 0.1) is 0 Å². The first kappa shape index (κ1) is 61.8. The van der Waals surface area contributed by atoms with Crippen LogP contribution < -0.4 is 0 Å². The van der Waals surface area contributed by atoms with Crippen molar-refractivity contribution in [3.63, 3.8) is 0 Å². The summed E-state index contributed by atoms with van der Waals surface area (Å²) in [6, 6.07) is 0. The highest BCUT2D eigenvalue weighted by Crippen LogP contribution is 2.12. The van der Waals surface area contributed by atoms with Crippen LogP contribution in [-0.4, -0.2) is 37.2 Å². The topological polar surface area (TPSA) is 78.9 Å². The van der Waals surface area contributed by atoms with Crippen LogP contribution in [0.4, 0.5) is 0 Å². The maximum absolute atomic E-state index is 12.8. The predicted molar refractivity (Wildman–Crippen MR) is 288 cm³/mol. The van der Waals surface area contributed by atoms with Gasteiger partial charge in [-0.2, -0.15) is 0 Å². The first-order valence-corrected chi connectivity index (χ1v) is 25.8. The zero-order valence-electron chi connectivity index (χ0n) is 42.1. The molecule has 0 aromatic carbocycles. The molecule has 0 aliphatic rings. The van der Waals surface area contributed by atoms with Gasteiger partial charge < -0.3 is 14.2 Å². The van der Waals surface area contributed by atoms with Gasteiger partial charge in [-0.25, -0.2) is 0 Å². The molecule has 0 radical (unpaired) electrons. The highest BCUT2D eigenvalue weighted by Gasteiger charge is 2.19. The second-order valence-corrected chi connectivity index (χ2v) is 16.3. The van der Waals surface area contributed by atoms with E-state index in [1.54, 1.807) is 0 Å². The first-order chi connectivity index (χ1) is 33.0. The van der Waals surface area contributed by atoms with Crippen LogP contribution in [0.1, 0.15) is 175 Å². The molecule has 0 aliphatic carbocycles. The molecule has 0 saturated carbocycles. The van der Waals surface area contributed by atoms with E-state index in [1.807, 2.05) is 91.1 Å². The summed E-state index contributed by atoms with van der Waals surface area (Å²) in [5, 5.41) is 0. The summed E-state index contributed by atoms with van der Waals surface area (Å²) >= 11 is 0. The monoisotopic (exact) mass is 919 g/mol. The van der Waals surface area contributed by atoms with Gasteiger partial charge in [-0.3, -0.25) is 14.4 Å². The number of ether oxygens (including phenoxy) is 3. The van der Waals surface area contributed by atoms with Crippen molar-refractivity contribution in [3.05, 3.63) is 170 Å². The lowest BCUT2D eigenvalue weighted by Gasteiger charge is -2.18. The van der Waals surface area contributed by atoms with Crippen molar-refractivity contribution in [1.82, 2.24) is 0 Å². The molecule has 0 spiro atoms. The fourth-order valence-electron chi connectivity index (χ4n) is 6.16. The third-order valence-electron chi connectivity index (χ3n) is 10.0. The lowest BCUT2D eigenvalue weighted by Crippen LogP contribution is -2.30. The molecular weight excluding hydrogens is 829 g/mol. The van der Waals surface area contributed by atoms with Crippen LogP contribution in [0.2, 0.25) is 0 Å². The summed E-state index contributed by atoms with van der Waals surface area (Å²) in [6.07, 6.45) is 79.0. The minimum Gasteiger partial charge on any atom is -0.462 e. The minimum atomic E-state index is -0.840. The molecule has 0 bridgehead atoms. The van der Waals surface area contributed by atoms with E-state index in [0.29, 0.717) is 12.8 Å². The summed E-state index contributed by atoms with van der Waals surface area (Å²) in [7, 11) is 0. The number of carbonyl (C=O) groups excluding carboxylic acids is 3. The van der Waals surface area contributed by atoms with Gasteiger partial charge in [0.15, 0.2) is 6.10 Å². The average Bonchev–Trinajstić information content (AvgIpc) is 3.33. The minimum absolute atomic E-state index is 0.133. The van der Waals surface area contributed by atoms with Gasteiger partial charge in [0.05, 0.1) is 0 Å². The predicted octanol–water partition coefficient (Wildman–Crippen LogP) is 17.2. The number of allylic oxidation sites excluding steroid dienone is 28. The van der Waals surface area contributed by atoms with E-state index < -0.39 is 6.10 Å². The molecule has 0 heterocycles. The molecule has 6 heteroatoms. The Labute approximate surface area is 409 Å². The van der Waals surface area contributed by atoms with Crippen molar-refractivity contribution >= 4 is 17.9 Å². The van der Waals surface area contributed by atoms with E-state index in [9.17, 15) is 14.4 Å². The summed E-state index contributed by atoms with van der Waals surface area (Å²) < 4.78 is 16.7. The molecule has 67 heavy (non-hydrogen) atoms. The second-order valence-electron chi connectivity index (χ2n) is 16.3. The Kier molecular flexibility index (Phi) is 49.2. The fourth-order valence-corrected chi connectivity index (χ4v) is 6.16. The Bertz CT molecular complexity index is 1620. The van der Waals surface area contributed by atoms with Crippen LogP contribution >= 0.6 is 0 Å². The lowest BCUT2D eigenvalue weighted by molar-refractivity contribution is -0.167. The summed E-state index contributed by atoms with van der Waals surface area (Å²) in [4.78, 5) is 38.0. The van der Waals surface area contributed by atoms with Gasteiger partial charge >= 0.3 is 17.9 Å². The maximum Gasteiger partial charge on any atom is 0.306 e. The molecule has 6 nitrogen and oxygen atoms in total. The molecule has 0 fully saturated rings. The molecule has 0 aromatic rings. The number of rotatable bonds is 43. The zero-order valence-corrected chi connectivity index (χ0v) is 42.1. The highest BCUT2D eigenvalue weighted by atomic mass is 16.6. The molecule has 370 valence electrons. The Morgan fingerprint density at radius 1 is 0.313 bits per heavy atom. The fraction of sp³-hybridized carbons (Fsp3) is 0.492. The summed E-state index contributed by atoms with van der Waals surface area (Å²) in [6.45, 7) is 6.22. The van der Waals surface area contributed by atoms with Gasteiger partial charge in [0.2, 0.25) is 0 Å². The van der Waals surface area contributed by atoms with Crippen molar-refractivity contribution in [2.24, 2.45) is 0 Å². The summed E-state index contributed by atoms with van der Waals surface area (Å²) in [5.74, 6) is -1.07. The second kappa shape index (κ2) is 53.4. The lowest BCUT2D eigenvalue weighted by atomic mass is 10.1. The van der Waals surface area contributed by atoms with Gasteiger partial charge in [0.25, 0.3) is 0 Å². The van der Waals surface area contributed by atoms with Crippen molar-refractivity contribution in [2.45, 2.75) is 181 Å². The number of carbonyl (C=O) groups is 3. The molecule has 0 aliphatic heterocycles. The Morgan fingerprint density at radius 2 is 0.627 bits per heavy atom. The average molecular weight is 919 g/mol.